The second-order valence-corrected chi connectivity index (χ2v) is 8.43. The van der Waals surface area contributed by atoms with E-state index in [4.69, 9.17) is 4.52 Å². The molecule has 0 spiro atoms. The molecule has 0 radical (unpaired) electrons. The van der Waals surface area contributed by atoms with Crippen molar-refractivity contribution in [3.05, 3.63) is 53.9 Å². The molecule has 1 amide bonds. The molecule has 0 saturated carbocycles. The number of carbonyl (C=O) groups is 1. The maximum atomic E-state index is 13.7. The quantitative estimate of drug-likeness (QED) is 0.580. The Hall–Kier alpha value is -3.25. The zero-order chi connectivity index (χ0) is 24.5. The van der Waals surface area contributed by atoms with Crippen LogP contribution in [0.5, 0.6) is 0 Å². The van der Waals surface area contributed by atoms with Crippen molar-refractivity contribution in [1.82, 2.24) is 29.5 Å². The number of alkyl halides is 3. The van der Waals surface area contributed by atoms with Crippen molar-refractivity contribution in [3.8, 4) is 11.4 Å². The van der Waals surface area contributed by atoms with E-state index in [1.54, 1.807) is 0 Å². The van der Waals surface area contributed by atoms with Crippen molar-refractivity contribution in [3.63, 3.8) is 0 Å². The summed E-state index contributed by atoms with van der Waals surface area (Å²) >= 11 is 0. The summed E-state index contributed by atoms with van der Waals surface area (Å²) in [6.07, 6.45) is -3.75. The lowest BCUT2D eigenvalue weighted by Gasteiger charge is -2.36. The number of piperazine rings is 1. The van der Waals surface area contributed by atoms with Crippen LogP contribution in [0.1, 0.15) is 23.7 Å². The number of benzene rings is 1. The Labute approximate surface area is 193 Å². The van der Waals surface area contributed by atoms with Gasteiger partial charge in [-0.05, 0) is 6.92 Å². The number of aryl methyl sites for hydroxylation is 2. The summed E-state index contributed by atoms with van der Waals surface area (Å²) in [6.45, 7) is 3.61. The molecule has 2 aromatic heterocycles. The van der Waals surface area contributed by atoms with E-state index >= 15 is 0 Å². The molecule has 0 bridgehead atoms. The molecule has 0 aliphatic carbocycles. The molecule has 1 aromatic carbocycles. The molecule has 1 saturated heterocycles. The summed E-state index contributed by atoms with van der Waals surface area (Å²) < 4.78 is 47.5. The minimum absolute atomic E-state index is 0.215. The largest absolute Gasteiger partial charge is 0.425 e. The van der Waals surface area contributed by atoms with E-state index in [0.717, 1.165) is 21.9 Å². The molecule has 1 atom stereocenters. The lowest BCUT2D eigenvalue weighted by molar-refractivity contribution is -0.272. The van der Waals surface area contributed by atoms with Gasteiger partial charge in [0.15, 0.2) is 5.82 Å². The molecule has 1 unspecified atom stereocenters. The second kappa shape index (κ2) is 9.18. The highest BCUT2D eigenvalue weighted by molar-refractivity contribution is 5.77. The first kappa shape index (κ1) is 23.9. The van der Waals surface area contributed by atoms with Gasteiger partial charge >= 0.3 is 6.18 Å². The Morgan fingerprint density at radius 3 is 2.41 bits per heavy atom. The normalized spacial score (nSPS) is 17.1. The third-order valence-corrected chi connectivity index (χ3v) is 5.93. The van der Waals surface area contributed by atoms with E-state index in [0.29, 0.717) is 31.3 Å². The summed E-state index contributed by atoms with van der Waals surface area (Å²) in [7, 11) is 1.34. The van der Waals surface area contributed by atoms with Crippen molar-refractivity contribution in [2.24, 2.45) is 7.05 Å². The summed E-state index contributed by atoms with van der Waals surface area (Å²) in [4.78, 5) is 24.0. The molecule has 12 heteroatoms. The zero-order valence-electron chi connectivity index (χ0n) is 18.8. The highest BCUT2D eigenvalue weighted by Crippen LogP contribution is 2.41. The van der Waals surface area contributed by atoms with E-state index in [2.05, 4.69) is 15.1 Å². The van der Waals surface area contributed by atoms with Gasteiger partial charge in [-0.25, -0.2) is 4.98 Å². The third kappa shape index (κ3) is 4.82. The van der Waals surface area contributed by atoms with E-state index in [1.807, 2.05) is 36.1 Å². The molecule has 1 aliphatic heterocycles. The maximum absolute atomic E-state index is 13.7. The van der Waals surface area contributed by atoms with Gasteiger partial charge in [-0.2, -0.15) is 18.2 Å². The Balaban J connectivity index is 1.35. The van der Waals surface area contributed by atoms with Crippen molar-refractivity contribution < 1.29 is 27.6 Å². The van der Waals surface area contributed by atoms with Gasteiger partial charge < -0.3 is 19.1 Å². The van der Waals surface area contributed by atoms with Gasteiger partial charge in [-0.3, -0.25) is 9.69 Å². The van der Waals surface area contributed by atoms with Gasteiger partial charge in [0, 0.05) is 51.2 Å². The van der Waals surface area contributed by atoms with Crippen LogP contribution < -0.4 is 0 Å². The van der Waals surface area contributed by atoms with Crippen LogP contribution in [0.25, 0.3) is 11.4 Å². The number of hydrogen-bond donors (Lipinski definition) is 1. The number of aromatic nitrogens is 4. The van der Waals surface area contributed by atoms with Gasteiger partial charge in [-0.15, -0.1) is 0 Å². The van der Waals surface area contributed by atoms with Crippen LogP contribution in [-0.4, -0.2) is 72.9 Å². The monoisotopic (exact) mass is 478 g/mol. The average Bonchev–Trinajstić information content (AvgIpc) is 3.43. The van der Waals surface area contributed by atoms with Crippen molar-refractivity contribution in [1.29, 1.82) is 0 Å². The van der Waals surface area contributed by atoms with Gasteiger partial charge in [-0.1, -0.05) is 35.0 Å². The summed E-state index contributed by atoms with van der Waals surface area (Å²) in [5, 5.41) is 14.5. The standard InChI is InChI=1S/C22H25F3N6O3/c1-15-3-5-16(6-4-15)19-27-17(34-28-19)14-30-9-11-31(12-10-30)18(32)13-21(33,22(23,24)25)20-26-7-8-29(20)2/h3-8,33H,9-14H2,1-2H3. The second-order valence-electron chi connectivity index (χ2n) is 8.43. The number of halogens is 3. The van der Waals surface area contributed by atoms with Crippen molar-refractivity contribution in [2.75, 3.05) is 26.2 Å². The van der Waals surface area contributed by atoms with Crippen LogP contribution >= 0.6 is 0 Å². The van der Waals surface area contributed by atoms with Crippen LogP contribution in [0.4, 0.5) is 13.2 Å². The van der Waals surface area contributed by atoms with E-state index in [1.165, 1.54) is 18.1 Å². The first-order valence-electron chi connectivity index (χ1n) is 10.7. The number of rotatable bonds is 6. The highest BCUT2D eigenvalue weighted by Gasteiger charge is 2.59. The minimum atomic E-state index is -5.06. The van der Waals surface area contributed by atoms with Crippen molar-refractivity contribution in [2.45, 2.75) is 31.7 Å². The molecule has 34 heavy (non-hydrogen) atoms. The number of nitrogens with zero attached hydrogens (tertiary/aromatic N) is 6. The van der Waals surface area contributed by atoms with Crippen molar-refractivity contribution >= 4 is 5.91 Å². The lowest BCUT2D eigenvalue weighted by atomic mass is 9.96. The van der Waals surface area contributed by atoms with Crippen LogP contribution in [-0.2, 0) is 24.0 Å². The van der Waals surface area contributed by atoms with E-state index in [9.17, 15) is 23.1 Å². The van der Waals surface area contributed by atoms with Crippen LogP contribution in [0.15, 0.2) is 41.2 Å². The molecular formula is C22H25F3N6O3. The number of hydrogen-bond acceptors (Lipinski definition) is 7. The SMILES string of the molecule is Cc1ccc(-c2noc(CN3CCN(C(=O)CC(O)(c4nccn4C)C(F)(F)F)CC3)n2)cc1. The van der Waals surface area contributed by atoms with Gasteiger partial charge in [0.2, 0.25) is 23.2 Å². The molecule has 1 aliphatic rings. The maximum Gasteiger partial charge on any atom is 0.425 e. The predicted molar refractivity (Wildman–Crippen MR) is 114 cm³/mol. The van der Waals surface area contributed by atoms with E-state index in [-0.39, 0.29) is 13.1 Å². The Bertz CT molecular complexity index is 1140. The van der Waals surface area contributed by atoms with Gasteiger partial charge in [0.1, 0.15) is 0 Å². The number of amides is 1. The Morgan fingerprint density at radius 2 is 1.82 bits per heavy atom. The Morgan fingerprint density at radius 1 is 1.15 bits per heavy atom. The number of carbonyl (C=O) groups excluding carboxylic acids is 1. The van der Waals surface area contributed by atoms with Crippen LogP contribution in [0, 0.1) is 6.92 Å². The lowest BCUT2D eigenvalue weighted by Crippen LogP contribution is -2.52. The molecule has 1 N–H and O–H groups in total. The summed E-state index contributed by atoms with van der Waals surface area (Å²) in [5.41, 5.74) is -1.41. The third-order valence-electron chi connectivity index (χ3n) is 5.93. The molecule has 3 heterocycles. The average molecular weight is 478 g/mol. The summed E-state index contributed by atoms with van der Waals surface area (Å²) in [6, 6.07) is 7.72. The molecule has 1 fully saturated rings. The number of imidazole rings is 1. The molecule has 3 aromatic rings. The Kier molecular flexibility index (Phi) is 6.45. The topological polar surface area (TPSA) is 101 Å². The smallest absolute Gasteiger partial charge is 0.374 e. The molecule has 9 nitrogen and oxygen atoms in total. The van der Waals surface area contributed by atoms with E-state index < -0.39 is 29.9 Å². The molecule has 4 rings (SSSR count). The van der Waals surface area contributed by atoms with Gasteiger partial charge in [0.25, 0.3) is 0 Å². The fraction of sp³-hybridized carbons (Fsp3) is 0.455. The fourth-order valence-electron chi connectivity index (χ4n) is 3.89. The van der Waals surface area contributed by atoms with Gasteiger partial charge in [0.05, 0.1) is 13.0 Å². The number of aliphatic hydroxyl groups is 1. The fourth-order valence-corrected chi connectivity index (χ4v) is 3.89. The first-order valence-corrected chi connectivity index (χ1v) is 10.7. The van der Waals surface area contributed by atoms with Crippen LogP contribution in [0.3, 0.4) is 0 Å². The highest BCUT2D eigenvalue weighted by atomic mass is 19.4. The molecular weight excluding hydrogens is 453 g/mol. The van der Waals surface area contributed by atoms with Crippen LogP contribution in [0.2, 0.25) is 0 Å². The summed E-state index contributed by atoms with van der Waals surface area (Å²) in [5.74, 6) is -0.518. The predicted octanol–water partition coefficient (Wildman–Crippen LogP) is 2.26. The first-order chi connectivity index (χ1) is 16.1. The zero-order valence-corrected chi connectivity index (χ0v) is 18.8. The minimum Gasteiger partial charge on any atom is -0.374 e. The molecule has 182 valence electrons.